The lowest BCUT2D eigenvalue weighted by molar-refractivity contribution is -0.121. The smallest absolute Gasteiger partial charge is 0.235 e. The first-order chi connectivity index (χ1) is 8.70. The second-order valence-electron chi connectivity index (χ2n) is 5.50. The van der Waals surface area contributed by atoms with Gasteiger partial charge in [0.05, 0.1) is 5.75 Å². The molecule has 106 valence electrons. The quantitative estimate of drug-likeness (QED) is 0.923. The van der Waals surface area contributed by atoms with E-state index in [9.17, 15) is 13.4 Å². The monoisotopic (exact) mass is 285 g/mol. The fourth-order valence-electron chi connectivity index (χ4n) is 1.48. The SMILES string of the molecule is CC(C(=O)NC(C)(C)C)S(=O)Cc1ccccc1F. The standard InChI is InChI=1S/C14H20FNO2S/c1-10(13(17)16-14(2,3)4)19(18)9-11-7-5-6-8-12(11)15/h5-8,10H,9H2,1-4H3,(H,16,17). The summed E-state index contributed by atoms with van der Waals surface area (Å²) in [4.78, 5) is 11.9. The van der Waals surface area contributed by atoms with Gasteiger partial charge in [-0.1, -0.05) is 18.2 Å². The van der Waals surface area contributed by atoms with Crippen LogP contribution in [0.2, 0.25) is 0 Å². The number of benzene rings is 1. The molecule has 0 heterocycles. The Balaban J connectivity index is 2.68. The van der Waals surface area contributed by atoms with Crippen LogP contribution in [0.5, 0.6) is 0 Å². The normalized spacial score (nSPS) is 14.8. The highest BCUT2D eigenvalue weighted by Crippen LogP contribution is 2.12. The zero-order valence-corrected chi connectivity index (χ0v) is 12.5. The molecule has 5 heteroatoms. The third-order valence-corrected chi connectivity index (χ3v) is 4.12. The molecule has 0 bridgehead atoms. The maximum atomic E-state index is 13.5. The van der Waals surface area contributed by atoms with Crippen molar-refractivity contribution >= 4 is 16.7 Å². The third-order valence-electron chi connectivity index (χ3n) is 2.52. The zero-order valence-electron chi connectivity index (χ0n) is 11.7. The van der Waals surface area contributed by atoms with Crippen LogP contribution in [-0.4, -0.2) is 20.9 Å². The molecule has 0 saturated heterocycles. The highest BCUT2D eigenvalue weighted by atomic mass is 32.2. The van der Waals surface area contributed by atoms with Crippen molar-refractivity contribution in [3.63, 3.8) is 0 Å². The molecule has 1 aromatic carbocycles. The summed E-state index contributed by atoms with van der Waals surface area (Å²) < 4.78 is 25.5. The van der Waals surface area contributed by atoms with Gasteiger partial charge in [-0.3, -0.25) is 9.00 Å². The molecule has 1 N–H and O–H groups in total. The van der Waals surface area contributed by atoms with Gasteiger partial charge in [-0.05, 0) is 33.8 Å². The number of carbonyl (C=O) groups is 1. The fourth-order valence-corrected chi connectivity index (χ4v) is 2.57. The second-order valence-corrected chi connectivity index (χ2v) is 7.26. The first-order valence-electron chi connectivity index (χ1n) is 6.13. The predicted molar refractivity (Wildman–Crippen MR) is 75.6 cm³/mol. The third kappa shape index (κ3) is 5.11. The first-order valence-corrected chi connectivity index (χ1v) is 7.51. The molecule has 1 aromatic rings. The van der Waals surface area contributed by atoms with E-state index in [2.05, 4.69) is 5.32 Å². The van der Waals surface area contributed by atoms with Crippen molar-refractivity contribution in [3.8, 4) is 0 Å². The van der Waals surface area contributed by atoms with Gasteiger partial charge < -0.3 is 5.32 Å². The van der Waals surface area contributed by atoms with E-state index in [1.807, 2.05) is 20.8 Å². The minimum Gasteiger partial charge on any atom is -0.350 e. The van der Waals surface area contributed by atoms with Gasteiger partial charge in [-0.2, -0.15) is 0 Å². The molecule has 1 amide bonds. The largest absolute Gasteiger partial charge is 0.350 e. The molecule has 2 atom stereocenters. The number of hydrogen-bond acceptors (Lipinski definition) is 2. The maximum absolute atomic E-state index is 13.5. The van der Waals surface area contributed by atoms with Crippen LogP contribution in [0, 0.1) is 5.82 Å². The second kappa shape index (κ2) is 6.28. The molecular formula is C14H20FNO2S. The van der Waals surface area contributed by atoms with E-state index in [0.717, 1.165) is 0 Å². The Bertz CT molecular complexity index is 483. The Morgan fingerprint density at radius 1 is 1.37 bits per heavy atom. The number of carbonyl (C=O) groups excluding carboxylic acids is 1. The van der Waals surface area contributed by atoms with Gasteiger partial charge in [0.15, 0.2) is 0 Å². The number of rotatable bonds is 4. The molecule has 0 aliphatic heterocycles. The summed E-state index contributed by atoms with van der Waals surface area (Å²) in [6.45, 7) is 7.17. The Morgan fingerprint density at radius 2 is 1.95 bits per heavy atom. The van der Waals surface area contributed by atoms with Crippen LogP contribution in [0.3, 0.4) is 0 Å². The minimum atomic E-state index is -1.44. The molecule has 2 unspecified atom stereocenters. The topological polar surface area (TPSA) is 46.2 Å². The Morgan fingerprint density at radius 3 is 2.47 bits per heavy atom. The van der Waals surface area contributed by atoms with Crippen LogP contribution in [0.1, 0.15) is 33.3 Å². The summed E-state index contributed by atoms with van der Waals surface area (Å²) in [5, 5.41) is 2.11. The lowest BCUT2D eigenvalue weighted by Gasteiger charge is -2.23. The van der Waals surface area contributed by atoms with E-state index in [1.54, 1.807) is 25.1 Å². The number of halogens is 1. The molecule has 0 saturated carbocycles. The van der Waals surface area contributed by atoms with Gasteiger partial charge in [0.1, 0.15) is 11.1 Å². The summed E-state index contributed by atoms with van der Waals surface area (Å²) in [5.74, 6) is -0.618. The minimum absolute atomic E-state index is 0.0470. The molecule has 0 spiro atoms. The van der Waals surface area contributed by atoms with Crippen molar-refractivity contribution in [2.45, 2.75) is 44.2 Å². The van der Waals surface area contributed by atoms with Gasteiger partial charge in [0.2, 0.25) is 5.91 Å². The summed E-state index contributed by atoms with van der Waals surface area (Å²) in [6.07, 6.45) is 0. The molecule has 1 rings (SSSR count). The van der Waals surface area contributed by atoms with E-state index in [-0.39, 0.29) is 23.0 Å². The molecule has 0 radical (unpaired) electrons. The number of hydrogen-bond donors (Lipinski definition) is 1. The van der Waals surface area contributed by atoms with Gasteiger partial charge >= 0.3 is 0 Å². The van der Waals surface area contributed by atoms with Gasteiger partial charge in [0.25, 0.3) is 0 Å². The lowest BCUT2D eigenvalue weighted by atomic mass is 10.1. The highest BCUT2D eigenvalue weighted by molar-refractivity contribution is 7.85. The molecule has 0 aliphatic rings. The van der Waals surface area contributed by atoms with Crippen LogP contribution < -0.4 is 5.32 Å². The molecular weight excluding hydrogens is 265 g/mol. The Labute approximate surface area is 116 Å². The lowest BCUT2D eigenvalue weighted by Crippen LogP contribution is -2.46. The zero-order chi connectivity index (χ0) is 14.6. The van der Waals surface area contributed by atoms with Crippen LogP contribution in [0.4, 0.5) is 4.39 Å². The predicted octanol–water partition coefficient (Wildman–Crippen LogP) is 2.38. The van der Waals surface area contributed by atoms with E-state index in [1.165, 1.54) is 6.07 Å². The average Bonchev–Trinajstić information content (AvgIpc) is 2.28. The average molecular weight is 285 g/mol. The summed E-state index contributed by atoms with van der Waals surface area (Å²) in [5.41, 5.74) is 0.00400. The van der Waals surface area contributed by atoms with Gasteiger partial charge in [-0.25, -0.2) is 4.39 Å². The van der Waals surface area contributed by atoms with Crippen molar-refractivity contribution in [1.82, 2.24) is 5.32 Å². The van der Waals surface area contributed by atoms with Crippen molar-refractivity contribution in [2.24, 2.45) is 0 Å². The number of nitrogens with one attached hydrogen (secondary N) is 1. The van der Waals surface area contributed by atoms with E-state index in [4.69, 9.17) is 0 Å². The van der Waals surface area contributed by atoms with E-state index >= 15 is 0 Å². The molecule has 0 aromatic heterocycles. The maximum Gasteiger partial charge on any atom is 0.235 e. The van der Waals surface area contributed by atoms with Gasteiger partial charge in [0, 0.05) is 21.9 Å². The van der Waals surface area contributed by atoms with Crippen LogP contribution in [0.25, 0.3) is 0 Å². The van der Waals surface area contributed by atoms with Crippen LogP contribution >= 0.6 is 0 Å². The first kappa shape index (κ1) is 15.8. The Hall–Kier alpha value is -1.23. The summed E-state index contributed by atoms with van der Waals surface area (Å²) in [7, 11) is -1.44. The van der Waals surface area contributed by atoms with Crippen molar-refractivity contribution in [1.29, 1.82) is 0 Å². The summed E-state index contributed by atoms with van der Waals surface area (Å²) in [6, 6.07) is 6.18. The molecule has 0 aliphatic carbocycles. The van der Waals surface area contributed by atoms with Crippen molar-refractivity contribution in [2.75, 3.05) is 0 Å². The van der Waals surface area contributed by atoms with Crippen molar-refractivity contribution < 1.29 is 13.4 Å². The Kier molecular flexibility index (Phi) is 5.23. The number of amides is 1. The summed E-state index contributed by atoms with van der Waals surface area (Å²) >= 11 is 0. The van der Waals surface area contributed by atoms with Crippen LogP contribution in [0.15, 0.2) is 24.3 Å². The van der Waals surface area contributed by atoms with Gasteiger partial charge in [-0.15, -0.1) is 0 Å². The van der Waals surface area contributed by atoms with E-state index < -0.39 is 16.0 Å². The molecule has 3 nitrogen and oxygen atoms in total. The molecule has 19 heavy (non-hydrogen) atoms. The fraction of sp³-hybridized carbons (Fsp3) is 0.500. The van der Waals surface area contributed by atoms with Crippen molar-refractivity contribution in [3.05, 3.63) is 35.6 Å². The highest BCUT2D eigenvalue weighted by Gasteiger charge is 2.24. The molecule has 0 fully saturated rings. The van der Waals surface area contributed by atoms with E-state index in [0.29, 0.717) is 5.56 Å². The van der Waals surface area contributed by atoms with Crippen LogP contribution in [-0.2, 0) is 21.3 Å².